The van der Waals surface area contributed by atoms with Crippen molar-refractivity contribution >= 4 is 5.95 Å². The van der Waals surface area contributed by atoms with Crippen LogP contribution in [-0.4, -0.2) is 52.3 Å². The minimum atomic E-state index is 0.124. The topological polar surface area (TPSA) is 42.3 Å². The molecule has 3 fully saturated rings. The number of hydrogen-bond acceptors (Lipinski definition) is 4. The van der Waals surface area contributed by atoms with E-state index in [9.17, 15) is 0 Å². The average Bonchev–Trinajstić information content (AvgIpc) is 3.05. The van der Waals surface area contributed by atoms with Crippen molar-refractivity contribution < 1.29 is 4.74 Å². The molecule has 1 unspecified atom stereocenters. The monoisotopic (exact) mass is 304 g/mol. The lowest BCUT2D eigenvalue weighted by atomic mass is 9.83. The van der Waals surface area contributed by atoms with Crippen molar-refractivity contribution in [2.45, 2.75) is 50.2 Å². The van der Waals surface area contributed by atoms with Crippen LogP contribution >= 0.6 is 0 Å². The molecule has 5 heteroatoms. The molecule has 1 atom stereocenters. The summed E-state index contributed by atoms with van der Waals surface area (Å²) in [7, 11) is 2.03. The Kier molecular flexibility index (Phi) is 3.86. The highest BCUT2D eigenvalue weighted by molar-refractivity contribution is 5.28. The van der Waals surface area contributed by atoms with Crippen molar-refractivity contribution in [1.82, 2.24) is 14.5 Å². The summed E-state index contributed by atoms with van der Waals surface area (Å²) in [6, 6.07) is 0.402. The molecule has 0 amide bonds. The van der Waals surface area contributed by atoms with E-state index in [-0.39, 0.29) is 5.60 Å². The molecule has 2 aliphatic heterocycles. The van der Waals surface area contributed by atoms with Crippen molar-refractivity contribution in [3.05, 3.63) is 12.4 Å². The van der Waals surface area contributed by atoms with Crippen LogP contribution in [0, 0.1) is 5.92 Å². The maximum Gasteiger partial charge on any atom is 0.202 e. The van der Waals surface area contributed by atoms with Gasteiger partial charge in [0.25, 0.3) is 0 Å². The third-order valence-electron chi connectivity index (χ3n) is 5.87. The van der Waals surface area contributed by atoms with E-state index in [4.69, 9.17) is 4.74 Å². The largest absolute Gasteiger partial charge is 0.373 e. The third kappa shape index (κ3) is 2.88. The number of imidazole rings is 1. The van der Waals surface area contributed by atoms with Gasteiger partial charge >= 0.3 is 0 Å². The summed E-state index contributed by atoms with van der Waals surface area (Å²) in [5.41, 5.74) is 0.124. The Labute approximate surface area is 133 Å². The van der Waals surface area contributed by atoms with E-state index in [1.54, 1.807) is 0 Å². The molecule has 0 bridgehead atoms. The predicted octanol–water partition coefficient (Wildman–Crippen LogP) is 2.26. The van der Waals surface area contributed by atoms with Crippen LogP contribution in [0.2, 0.25) is 0 Å². The third-order valence-corrected chi connectivity index (χ3v) is 5.87. The first-order valence-corrected chi connectivity index (χ1v) is 8.83. The molecule has 2 saturated heterocycles. The SMILES string of the molecule is Cn1ccnc1NC1COC2(CCN(CC3CCC3)CC2)C1. The molecule has 1 saturated carbocycles. The van der Waals surface area contributed by atoms with Gasteiger partial charge in [-0.05, 0) is 38.0 Å². The van der Waals surface area contributed by atoms with Gasteiger partial charge in [0.05, 0.1) is 18.2 Å². The first-order valence-electron chi connectivity index (χ1n) is 8.83. The quantitative estimate of drug-likeness (QED) is 0.926. The first kappa shape index (κ1) is 14.5. The van der Waals surface area contributed by atoms with Gasteiger partial charge in [-0.1, -0.05) is 6.42 Å². The molecule has 5 nitrogen and oxygen atoms in total. The second kappa shape index (κ2) is 5.85. The van der Waals surface area contributed by atoms with E-state index in [1.165, 1.54) is 51.7 Å². The Morgan fingerprint density at radius 2 is 2.18 bits per heavy atom. The summed E-state index contributed by atoms with van der Waals surface area (Å²) >= 11 is 0. The van der Waals surface area contributed by atoms with Gasteiger partial charge in [0, 0.05) is 39.1 Å². The van der Waals surface area contributed by atoms with E-state index in [2.05, 4.69) is 15.2 Å². The normalized spacial score (nSPS) is 28.9. The minimum absolute atomic E-state index is 0.124. The second-order valence-corrected chi connectivity index (χ2v) is 7.50. The highest BCUT2D eigenvalue weighted by Gasteiger charge is 2.43. The summed E-state index contributed by atoms with van der Waals surface area (Å²) in [4.78, 5) is 7.03. The molecule has 4 rings (SSSR count). The Hall–Kier alpha value is -1.07. The fraction of sp³-hybridized carbons (Fsp3) is 0.824. The number of anilines is 1. The van der Waals surface area contributed by atoms with Crippen LogP contribution in [0.1, 0.15) is 38.5 Å². The van der Waals surface area contributed by atoms with Gasteiger partial charge < -0.3 is 19.5 Å². The van der Waals surface area contributed by atoms with Gasteiger partial charge in [-0.15, -0.1) is 0 Å². The number of nitrogens with zero attached hydrogens (tertiary/aromatic N) is 3. The number of likely N-dealkylation sites (tertiary alicyclic amines) is 1. The van der Waals surface area contributed by atoms with Crippen LogP contribution in [0.15, 0.2) is 12.4 Å². The zero-order chi connectivity index (χ0) is 15.0. The summed E-state index contributed by atoms with van der Waals surface area (Å²) < 4.78 is 8.28. The molecular weight excluding hydrogens is 276 g/mol. The van der Waals surface area contributed by atoms with Gasteiger partial charge in [0.15, 0.2) is 0 Å². The van der Waals surface area contributed by atoms with E-state index in [0.29, 0.717) is 6.04 Å². The predicted molar refractivity (Wildman–Crippen MR) is 86.9 cm³/mol. The molecule has 22 heavy (non-hydrogen) atoms. The number of piperidine rings is 1. The molecule has 3 heterocycles. The lowest BCUT2D eigenvalue weighted by molar-refractivity contribution is -0.0472. The fourth-order valence-corrected chi connectivity index (χ4v) is 4.16. The molecule has 1 aliphatic carbocycles. The zero-order valence-electron chi connectivity index (χ0n) is 13.6. The Bertz CT molecular complexity index is 503. The zero-order valence-corrected chi connectivity index (χ0v) is 13.6. The van der Waals surface area contributed by atoms with Crippen LogP contribution in [0.3, 0.4) is 0 Å². The maximum atomic E-state index is 6.25. The number of nitrogens with one attached hydrogen (secondary N) is 1. The maximum absolute atomic E-state index is 6.25. The van der Waals surface area contributed by atoms with Crippen molar-refractivity contribution in [3.63, 3.8) is 0 Å². The van der Waals surface area contributed by atoms with Crippen molar-refractivity contribution in [3.8, 4) is 0 Å². The molecule has 1 spiro atoms. The molecule has 122 valence electrons. The summed E-state index contributed by atoms with van der Waals surface area (Å²) in [6.45, 7) is 4.57. The van der Waals surface area contributed by atoms with Crippen LogP contribution in [-0.2, 0) is 11.8 Å². The number of ether oxygens (including phenoxy) is 1. The minimum Gasteiger partial charge on any atom is -0.373 e. The molecule has 0 radical (unpaired) electrons. The fourth-order valence-electron chi connectivity index (χ4n) is 4.16. The van der Waals surface area contributed by atoms with E-state index >= 15 is 0 Å². The average molecular weight is 304 g/mol. The van der Waals surface area contributed by atoms with Crippen molar-refractivity contribution in [2.75, 3.05) is 31.6 Å². The second-order valence-electron chi connectivity index (χ2n) is 7.50. The van der Waals surface area contributed by atoms with Crippen LogP contribution in [0.5, 0.6) is 0 Å². The highest BCUT2D eigenvalue weighted by Crippen LogP contribution is 2.37. The smallest absolute Gasteiger partial charge is 0.202 e. The molecule has 1 N–H and O–H groups in total. The van der Waals surface area contributed by atoms with E-state index < -0.39 is 0 Å². The van der Waals surface area contributed by atoms with Gasteiger partial charge in [-0.2, -0.15) is 0 Å². The van der Waals surface area contributed by atoms with Gasteiger partial charge in [0.2, 0.25) is 5.95 Å². The summed E-state index contributed by atoms with van der Waals surface area (Å²) in [5.74, 6) is 1.93. The van der Waals surface area contributed by atoms with Crippen LogP contribution in [0.25, 0.3) is 0 Å². The molecule has 1 aromatic rings. The van der Waals surface area contributed by atoms with Crippen molar-refractivity contribution in [1.29, 1.82) is 0 Å². The summed E-state index contributed by atoms with van der Waals surface area (Å²) in [5, 5.41) is 3.54. The first-order chi connectivity index (χ1) is 10.7. The van der Waals surface area contributed by atoms with Crippen LogP contribution < -0.4 is 5.32 Å². The van der Waals surface area contributed by atoms with Crippen LogP contribution in [0.4, 0.5) is 5.95 Å². The molecule has 0 aromatic carbocycles. The standard InChI is InChI=1S/C17H28N4O/c1-20-10-7-18-16(20)19-15-11-17(22-13-15)5-8-21(9-6-17)12-14-3-2-4-14/h7,10,14-15H,2-6,8-9,11-13H2,1H3,(H,18,19). The lowest BCUT2D eigenvalue weighted by Gasteiger charge is -2.41. The number of aromatic nitrogens is 2. The number of aryl methyl sites for hydroxylation is 1. The Morgan fingerprint density at radius 1 is 1.36 bits per heavy atom. The molecule has 1 aromatic heterocycles. The van der Waals surface area contributed by atoms with E-state index in [0.717, 1.165) is 24.9 Å². The lowest BCUT2D eigenvalue weighted by Crippen LogP contribution is -2.46. The highest BCUT2D eigenvalue weighted by atomic mass is 16.5. The molecule has 3 aliphatic rings. The molecular formula is C17H28N4O. The van der Waals surface area contributed by atoms with Crippen molar-refractivity contribution in [2.24, 2.45) is 13.0 Å². The number of hydrogen-bond donors (Lipinski definition) is 1. The van der Waals surface area contributed by atoms with Gasteiger partial charge in [-0.3, -0.25) is 0 Å². The van der Waals surface area contributed by atoms with E-state index in [1.807, 2.05) is 24.0 Å². The summed E-state index contributed by atoms with van der Waals surface area (Å²) in [6.07, 6.45) is 11.7. The van der Waals surface area contributed by atoms with Gasteiger partial charge in [0.1, 0.15) is 0 Å². The Morgan fingerprint density at radius 3 is 2.82 bits per heavy atom. The van der Waals surface area contributed by atoms with Gasteiger partial charge in [-0.25, -0.2) is 4.98 Å². The Balaban J connectivity index is 1.28. The number of rotatable bonds is 4.